The summed E-state index contributed by atoms with van der Waals surface area (Å²) in [5, 5.41) is 15.2. The largest absolute Gasteiger partial charge is 0.442 e. The molecule has 7 nitrogen and oxygen atoms in total. The molecule has 1 saturated heterocycles. The molecule has 0 bridgehead atoms. The monoisotopic (exact) mass is 345 g/mol. The van der Waals surface area contributed by atoms with Gasteiger partial charge in [0.2, 0.25) is 5.91 Å². The van der Waals surface area contributed by atoms with Gasteiger partial charge in [-0.2, -0.15) is 0 Å². The van der Waals surface area contributed by atoms with Gasteiger partial charge in [-0.25, -0.2) is 4.79 Å². The first kappa shape index (κ1) is 17.4. The maximum absolute atomic E-state index is 12.0. The van der Waals surface area contributed by atoms with Gasteiger partial charge in [-0.15, -0.1) is 0 Å². The van der Waals surface area contributed by atoms with Gasteiger partial charge in [0.05, 0.1) is 19.7 Å². The molecule has 3 rings (SSSR count). The second-order valence-electron chi connectivity index (χ2n) is 6.32. The van der Waals surface area contributed by atoms with Crippen molar-refractivity contribution < 1.29 is 19.4 Å². The summed E-state index contributed by atoms with van der Waals surface area (Å²) >= 11 is 0. The topological polar surface area (TPSA) is 90.9 Å². The summed E-state index contributed by atoms with van der Waals surface area (Å²) in [5.41, 5.74) is 3.05. The van der Waals surface area contributed by atoms with Crippen LogP contribution >= 0.6 is 0 Å². The van der Waals surface area contributed by atoms with Crippen molar-refractivity contribution in [3.63, 3.8) is 0 Å². The fourth-order valence-electron chi connectivity index (χ4n) is 3.09. The SMILES string of the molecule is CC(=O)NC[C@H]1CN(c2ccc(C3=CCNC(CO)C3)cc2)C(=O)O1. The molecule has 1 aromatic carbocycles. The number of rotatable bonds is 5. The number of benzene rings is 1. The first-order chi connectivity index (χ1) is 12.1. The zero-order valence-electron chi connectivity index (χ0n) is 14.2. The van der Waals surface area contributed by atoms with E-state index in [9.17, 15) is 14.7 Å². The molecule has 3 N–H and O–H groups in total. The van der Waals surface area contributed by atoms with E-state index in [2.05, 4.69) is 16.7 Å². The second kappa shape index (κ2) is 7.67. The lowest BCUT2D eigenvalue weighted by Crippen LogP contribution is -2.35. The quantitative estimate of drug-likeness (QED) is 0.737. The summed E-state index contributed by atoms with van der Waals surface area (Å²) in [5.74, 6) is -0.143. The molecule has 0 saturated carbocycles. The van der Waals surface area contributed by atoms with Crippen molar-refractivity contribution in [2.24, 2.45) is 0 Å². The van der Waals surface area contributed by atoms with Crippen molar-refractivity contribution in [2.75, 3.05) is 31.1 Å². The third kappa shape index (κ3) is 4.18. The molecule has 2 atom stereocenters. The van der Waals surface area contributed by atoms with Crippen LogP contribution in [0.1, 0.15) is 18.9 Å². The highest BCUT2D eigenvalue weighted by molar-refractivity contribution is 5.90. The van der Waals surface area contributed by atoms with Crippen molar-refractivity contribution in [1.82, 2.24) is 10.6 Å². The zero-order chi connectivity index (χ0) is 17.8. The fourth-order valence-corrected chi connectivity index (χ4v) is 3.09. The smallest absolute Gasteiger partial charge is 0.414 e. The Balaban J connectivity index is 1.65. The van der Waals surface area contributed by atoms with Gasteiger partial charge in [0.25, 0.3) is 0 Å². The molecule has 2 aliphatic rings. The minimum absolute atomic E-state index is 0.0859. The maximum atomic E-state index is 12.0. The van der Waals surface area contributed by atoms with Gasteiger partial charge in [-0.3, -0.25) is 9.69 Å². The zero-order valence-corrected chi connectivity index (χ0v) is 14.2. The standard InChI is InChI=1S/C18H23N3O4/c1-12(23)20-9-17-10-21(18(24)25-17)16-4-2-13(3-5-16)14-6-7-19-15(8-14)11-22/h2-6,15,17,19,22H,7-11H2,1H3,(H,20,23)/t15?,17-/m0/s1. The molecule has 1 unspecified atom stereocenters. The van der Waals surface area contributed by atoms with Crippen LogP contribution in [0.25, 0.3) is 5.57 Å². The van der Waals surface area contributed by atoms with E-state index < -0.39 is 6.09 Å². The van der Waals surface area contributed by atoms with E-state index in [0.29, 0.717) is 13.1 Å². The third-order valence-electron chi connectivity index (χ3n) is 4.44. The number of anilines is 1. The van der Waals surface area contributed by atoms with Crippen molar-refractivity contribution in [2.45, 2.75) is 25.5 Å². The fraction of sp³-hybridized carbons (Fsp3) is 0.444. The Morgan fingerprint density at radius 1 is 1.40 bits per heavy atom. The molecule has 2 amide bonds. The first-order valence-corrected chi connectivity index (χ1v) is 8.43. The highest BCUT2D eigenvalue weighted by Gasteiger charge is 2.32. The van der Waals surface area contributed by atoms with E-state index >= 15 is 0 Å². The molecule has 0 radical (unpaired) electrons. The van der Waals surface area contributed by atoms with Crippen LogP contribution in [0.3, 0.4) is 0 Å². The molecule has 134 valence electrons. The number of amides is 2. The van der Waals surface area contributed by atoms with Crippen LogP contribution in [0, 0.1) is 0 Å². The summed E-state index contributed by atoms with van der Waals surface area (Å²) in [6.45, 7) is 3.02. The lowest BCUT2D eigenvalue weighted by Gasteiger charge is -2.23. The summed E-state index contributed by atoms with van der Waals surface area (Å²) in [4.78, 5) is 24.6. The molecule has 1 fully saturated rings. The van der Waals surface area contributed by atoms with Crippen molar-refractivity contribution in [1.29, 1.82) is 0 Å². The predicted octanol–water partition coefficient (Wildman–Crippen LogP) is 0.885. The van der Waals surface area contributed by atoms with Gasteiger partial charge < -0.3 is 20.5 Å². The molecule has 0 spiro atoms. The maximum Gasteiger partial charge on any atom is 0.414 e. The van der Waals surface area contributed by atoms with E-state index in [1.165, 1.54) is 12.5 Å². The minimum atomic E-state index is -0.399. The van der Waals surface area contributed by atoms with Crippen LogP contribution in [0.5, 0.6) is 0 Å². The molecule has 2 heterocycles. The Kier molecular flexibility index (Phi) is 5.35. The molecule has 25 heavy (non-hydrogen) atoms. The van der Waals surface area contributed by atoms with Crippen molar-refractivity contribution >= 4 is 23.3 Å². The number of hydrogen-bond acceptors (Lipinski definition) is 5. The van der Waals surface area contributed by atoms with Crippen LogP contribution in [-0.4, -0.2) is 55.5 Å². The predicted molar refractivity (Wildman–Crippen MR) is 94.2 cm³/mol. The van der Waals surface area contributed by atoms with Gasteiger partial charge in [-0.05, 0) is 29.7 Å². The Hall–Kier alpha value is -2.38. The lowest BCUT2D eigenvalue weighted by atomic mass is 9.95. The average molecular weight is 345 g/mol. The summed E-state index contributed by atoms with van der Waals surface area (Å²) < 4.78 is 5.28. The number of carbonyl (C=O) groups excluding carboxylic acids is 2. The number of hydrogen-bond donors (Lipinski definition) is 3. The molecular formula is C18H23N3O4. The Morgan fingerprint density at radius 3 is 2.84 bits per heavy atom. The third-order valence-corrected chi connectivity index (χ3v) is 4.44. The van der Waals surface area contributed by atoms with Crippen molar-refractivity contribution in [3.8, 4) is 0 Å². The molecule has 0 aromatic heterocycles. The first-order valence-electron chi connectivity index (χ1n) is 8.43. The van der Waals surface area contributed by atoms with E-state index in [4.69, 9.17) is 4.74 Å². The molecule has 1 aromatic rings. The lowest BCUT2D eigenvalue weighted by molar-refractivity contribution is -0.119. The number of aliphatic hydroxyl groups is 1. The highest BCUT2D eigenvalue weighted by Crippen LogP contribution is 2.27. The van der Waals surface area contributed by atoms with Gasteiger partial charge in [0, 0.05) is 25.2 Å². The van der Waals surface area contributed by atoms with Crippen LogP contribution in [0.15, 0.2) is 30.3 Å². The number of aliphatic hydroxyl groups excluding tert-OH is 1. The van der Waals surface area contributed by atoms with E-state index in [-0.39, 0.29) is 24.7 Å². The van der Waals surface area contributed by atoms with E-state index in [1.807, 2.05) is 24.3 Å². The van der Waals surface area contributed by atoms with E-state index in [0.717, 1.165) is 24.2 Å². The van der Waals surface area contributed by atoms with Crippen molar-refractivity contribution in [3.05, 3.63) is 35.9 Å². The van der Waals surface area contributed by atoms with E-state index in [1.54, 1.807) is 4.90 Å². The number of nitrogens with one attached hydrogen (secondary N) is 2. The number of cyclic esters (lactones) is 1. The Morgan fingerprint density at radius 2 is 2.16 bits per heavy atom. The minimum Gasteiger partial charge on any atom is -0.442 e. The summed E-state index contributed by atoms with van der Waals surface area (Å²) in [7, 11) is 0. The highest BCUT2D eigenvalue weighted by atomic mass is 16.6. The van der Waals surface area contributed by atoms with Gasteiger partial charge >= 0.3 is 6.09 Å². The number of ether oxygens (including phenoxy) is 1. The van der Waals surface area contributed by atoms with Gasteiger partial charge in [0.1, 0.15) is 6.10 Å². The Bertz CT molecular complexity index is 671. The number of nitrogens with zero attached hydrogens (tertiary/aromatic N) is 1. The average Bonchev–Trinajstić information content (AvgIpc) is 3.01. The normalized spacial score (nSPS) is 23.2. The van der Waals surface area contributed by atoms with Gasteiger partial charge in [0.15, 0.2) is 0 Å². The molecule has 0 aliphatic carbocycles. The number of carbonyl (C=O) groups is 2. The summed E-state index contributed by atoms with van der Waals surface area (Å²) in [6, 6.07) is 7.84. The van der Waals surface area contributed by atoms with Crippen LogP contribution in [0.2, 0.25) is 0 Å². The van der Waals surface area contributed by atoms with Crippen LogP contribution in [-0.2, 0) is 9.53 Å². The molecule has 2 aliphatic heterocycles. The Labute approximate surface area is 146 Å². The second-order valence-corrected chi connectivity index (χ2v) is 6.32. The summed E-state index contributed by atoms with van der Waals surface area (Å²) in [6.07, 6.45) is 2.16. The molecular weight excluding hydrogens is 322 g/mol. The van der Waals surface area contributed by atoms with Crippen LogP contribution < -0.4 is 15.5 Å². The van der Waals surface area contributed by atoms with Gasteiger partial charge in [-0.1, -0.05) is 18.2 Å². The van der Waals surface area contributed by atoms with Crippen LogP contribution in [0.4, 0.5) is 10.5 Å². The molecule has 7 heteroatoms.